The third kappa shape index (κ3) is 3.47. The Morgan fingerprint density at radius 2 is 1.81 bits per heavy atom. The topological polar surface area (TPSA) is 58.9 Å². The standard InChI is InChI=1S/C17H20O4/c1-11-8-12(4-7-16(11)20-2)9-17(21-3)14-6-5-13(18)10-15(14)19/h4-8,10,17-19H,9H2,1-3H3. The van der Waals surface area contributed by atoms with Crippen molar-refractivity contribution in [3.63, 3.8) is 0 Å². The second kappa shape index (κ2) is 6.50. The van der Waals surface area contributed by atoms with Crippen molar-refractivity contribution < 1.29 is 19.7 Å². The Labute approximate surface area is 124 Å². The van der Waals surface area contributed by atoms with Crippen LogP contribution in [0, 0.1) is 6.92 Å². The van der Waals surface area contributed by atoms with Crippen molar-refractivity contribution in [3.8, 4) is 17.2 Å². The lowest BCUT2D eigenvalue weighted by Gasteiger charge is -2.18. The minimum atomic E-state index is -0.279. The maximum Gasteiger partial charge on any atom is 0.125 e. The molecule has 112 valence electrons. The molecule has 1 unspecified atom stereocenters. The zero-order valence-electron chi connectivity index (χ0n) is 12.5. The quantitative estimate of drug-likeness (QED) is 0.886. The molecule has 0 fully saturated rings. The highest BCUT2D eigenvalue weighted by molar-refractivity contribution is 5.42. The Balaban J connectivity index is 2.24. The first-order chi connectivity index (χ1) is 10.0. The van der Waals surface area contributed by atoms with Crippen LogP contribution in [0.25, 0.3) is 0 Å². The zero-order chi connectivity index (χ0) is 15.4. The number of aromatic hydroxyl groups is 2. The van der Waals surface area contributed by atoms with Crippen LogP contribution in [0.2, 0.25) is 0 Å². The molecule has 4 nitrogen and oxygen atoms in total. The molecule has 0 aliphatic rings. The van der Waals surface area contributed by atoms with Crippen LogP contribution in [0.5, 0.6) is 17.2 Å². The second-order valence-electron chi connectivity index (χ2n) is 4.98. The van der Waals surface area contributed by atoms with E-state index in [9.17, 15) is 10.2 Å². The van der Waals surface area contributed by atoms with Gasteiger partial charge in [-0.25, -0.2) is 0 Å². The molecule has 0 bridgehead atoms. The first-order valence-corrected chi connectivity index (χ1v) is 6.73. The van der Waals surface area contributed by atoms with Crippen molar-refractivity contribution >= 4 is 0 Å². The Kier molecular flexibility index (Phi) is 4.70. The lowest BCUT2D eigenvalue weighted by Crippen LogP contribution is -2.06. The minimum Gasteiger partial charge on any atom is -0.508 e. The fourth-order valence-electron chi connectivity index (χ4n) is 2.41. The van der Waals surface area contributed by atoms with E-state index >= 15 is 0 Å². The van der Waals surface area contributed by atoms with Crippen LogP contribution < -0.4 is 4.74 Å². The van der Waals surface area contributed by atoms with E-state index in [-0.39, 0.29) is 17.6 Å². The Morgan fingerprint density at radius 1 is 1.05 bits per heavy atom. The van der Waals surface area contributed by atoms with Gasteiger partial charge in [-0.3, -0.25) is 0 Å². The predicted octanol–water partition coefficient (Wildman–Crippen LogP) is 3.35. The van der Waals surface area contributed by atoms with Gasteiger partial charge in [0.15, 0.2) is 0 Å². The van der Waals surface area contributed by atoms with Gasteiger partial charge >= 0.3 is 0 Å². The summed E-state index contributed by atoms with van der Waals surface area (Å²) in [5.41, 5.74) is 2.80. The van der Waals surface area contributed by atoms with Crippen molar-refractivity contribution in [1.82, 2.24) is 0 Å². The lowest BCUT2D eigenvalue weighted by molar-refractivity contribution is 0.101. The molecule has 2 rings (SSSR count). The van der Waals surface area contributed by atoms with Crippen LogP contribution in [-0.4, -0.2) is 24.4 Å². The molecule has 2 N–H and O–H groups in total. The fraction of sp³-hybridized carbons (Fsp3) is 0.294. The molecule has 0 saturated heterocycles. The molecule has 0 aliphatic carbocycles. The SMILES string of the molecule is COc1ccc(CC(OC)c2ccc(O)cc2O)cc1C. The summed E-state index contributed by atoms with van der Waals surface area (Å²) in [6.45, 7) is 1.99. The van der Waals surface area contributed by atoms with Gasteiger partial charge in [-0.1, -0.05) is 12.1 Å². The number of hydrogen-bond donors (Lipinski definition) is 2. The van der Waals surface area contributed by atoms with Crippen molar-refractivity contribution in [1.29, 1.82) is 0 Å². The Morgan fingerprint density at radius 3 is 2.38 bits per heavy atom. The third-order valence-electron chi connectivity index (χ3n) is 3.53. The number of hydrogen-bond acceptors (Lipinski definition) is 4. The van der Waals surface area contributed by atoms with Crippen LogP contribution in [0.1, 0.15) is 22.8 Å². The number of methoxy groups -OCH3 is 2. The summed E-state index contributed by atoms with van der Waals surface area (Å²) in [5, 5.41) is 19.3. The maximum atomic E-state index is 9.95. The average molecular weight is 288 g/mol. The lowest BCUT2D eigenvalue weighted by atomic mass is 9.99. The van der Waals surface area contributed by atoms with Crippen molar-refractivity contribution in [2.45, 2.75) is 19.4 Å². The highest BCUT2D eigenvalue weighted by Gasteiger charge is 2.16. The van der Waals surface area contributed by atoms with E-state index in [0.29, 0.717) is 12.0 Å². The monoisotopic (exact) mass is 288 g/mol. The molecule has 0 saturated carbocycles. The first kappa shape index (κ1) is 15.2. The van der Waals surface area contributed by atoms with Gasteiger partial charge in [-0.15, -0.1) is 0 Å². The molecule has 0 radical (unpaired) electrons. The smallest absolute Gasteiger partial charge is 0.125 e. The molecule has 0 amide bonds. The van der Waals surface area contributed by atoms with E-state index < -0.39 is 0 Å². The largest absolute Gasteiger partial charge is 0.508 e. The van der Waals surface area contributed by atoms with Crippen LogP contribution in [0.15, 0.2) is 36.4 Å². The van der Waals surface area contributed by atoms with E-state index in [4.69, 9.17) is 9.47 Å². The number of aryl methyl sites for hydroxylation is 1. The molecule has 2 aromatic carbocycles. The Bertz CT molecular complexity index is 622. The van der Waals surface area contributed by atoms with Crippen LogP contribution in [-0.2, 0) is 11.2 Å². The van der Waals surface area contributed by atoms with Crippen molar-refractivity contribution in [3.05, 3.63) is 53.1 Å². The molecule has 1 atom stereocenters. The van der Waals surface area contributed by atoms with E-state index in [2.05, 4.69) is 0 Å². The van der Waals surface area contributed by atoms with Crippen LogP contribution in [0.4, 0.5) is 0 Å². The normalized spacial score (nSPS) is 12.1. The number of phenolic OH excluding ortho intramolecular Hbond substituents is 2. The molecular formula is C17H20O4. The highest BCUT2D eigenvalue weighted by Crippen LogP contribution is 2.32. The molecule has 4 heteroatoms. The minimum absolute atomic E-state index is 0.0337. The van der Waals surface area contributed by atoms with E-state index in [1.807, 2.05) is 25.1 Å². The molecule has 21 heavy (non-hydrogen) atoms. The summed E-state index contributed by atoms with van der Waals surface area (Å²) in [4.78, 5) is 0. The highest BCUT2D eigenvalue weighted by atomic mass is 16.5. The van der Waals surface area contributed by atoms with E-state index in [1.54, 1.807) is 26.4 Å². The number of ether oxygens (including phenoxy) is 2. The first-order valence-electron chi connectivity index (χ1n) is 6.73. The summed E-state index contributed by atoms with van der Waals surface area (Å²) < 4.78 is 10.7. The van der Waals surface area contributed by atoms with Crippen LogP contribution in [0.3, 0.4) is 0 Å². The van der Waals surface area contributed by atoms with Gasteiger partial charge in [0.1, 0.15) is 17.2 Å². The predicted molar refractivity (Wildman–Crippen MR) is 81.0 cm³/mol. The van der Waals surface area contributed by atoms with E-state index in [0.717, 1.165) is 16.9 Å². The van der Waals surface area contributed by atoms with Gasteiger partial charge < -0.3 is 19.7 Å². The second-order valence-corrected chi connectivity index (χ2v) is 4.98. The summed E-state index contributed by atoms with van der Waals surface area (Å²) in [6.07, 6.45) is 0.345. The molecule has 0 aliphatic heterocycles. The van der Waals surface area contributed by atoms with Gasteiger partial charge in [-0.05, 0) is 36.2 Å². The van der Waals surface area contributed by atoms with E-state index in [1.165, 1.54) is 6.07 Å². The maximum absolute atomic E-state index is 9.95. The van der Waals surface area contributed by atoms with Crippen LogP contribution >= 0.6 is 0 Å². The summed E-state index contributed by atoms with van der Waals surface area (Å²) in [6, 6.07) is 10.5. The fourth-order valence-corrected chi connectivity index (χ4v) is 2.41. The third-order valence-corrected chi connectivity index (χ3v) is 3.53. The molecule has 0 spiro atoms. The molecular weight excluding hydrogens is 268 g/mol. The average Bonchev–Trinajstić information content (AvgIpc) is 2.45. The van der Waals surface area contributed by atoms with Crippen molar-refractivity contribution in [2.75, 3.05) is 14.2 Å². The Hall–Kier alpha value is -2.20. The molecule has 0 heterocycles. The van der Waals surface area contributed by atoms with Gasteiger partial charge in [0.05, 0.1) is 13.2 Å². The van der Waals surface area contributed by atoms with Gasteiger partial charge in [0, 0.05) is 25.2 Å². The summed E-state index contributed by atoms with van der Waals surface area (Å²) >= 11 is 0. The molecule has 2 aromatic rings. The molecule has 0 aromatic heterocycles. The number of rotatable bonds is 5. The zero-order valence-corrected chi connectivity index (χ0v) is 12.5. The van der Waals surface area contributed by atoms with Gasteiger partial charge in [0.25, 0.3) is 0 Å². The van der Waals surface area contributed by atoms with Crippen molar-refractivity contribution in [2.24, 2.45) is 0 Å². The summed E-state index contributed by atoms with van der Waals surface area (Å²) in [5.74, 6) is 0.915. The summed E-state index contributed by atoms with van der Waals surface area (Å²) in [7, 11) is 3.25. The van der Waals surface area contributed by atoms with Gasteiger partial charge in [-0.2, -0.15) is 0 Å². The number of benzene rings is 2. The number of phenols is 2. The van der Waals surface area contributed by atoms with Gasteiger partial charge in [0.2, 0.25) is 0 Å².